The van der Waals surface area contributed by atoms with E-state index in [-0.39, 0.29) is 31.0 Å². The fourth-order valence-corrected chi connectivity index (χ4v) is 4.16. The van der Waals surface area contributed by atoms with Gasteiger partial charge in [-0.2, -0.15) is 0 Å². The highest BCUT2D eigenvalue weighted by Crippen LogP contribution is 2.36. The number of aryl methyl sites for hydroxylation is 1. The average Bonchev–Trinajstić information content (AvgIpc) is 2.92. The maximum atomic E-state index is 12.0. The van der Waals surface area contributed by atoms with Crippen LogP contribution in [0.3, 0.4) is 0 Å². The molecule has 1 fully saturated rings. The molecule has 0 radical (unpaired) electrons. The highest BCUT2D eigenvalue weighted by molar-refractivity contribution is 8.14. The van der Waals surface area contributed by atoms with Gasteiger partial charge in [-0.25, -0.2) is 13.2 Å². The van der Waals surface area contributed by atoms with E-state index in [9.17, 15) is 18.0 Å². The Labute approximate surface area is 131 Å². The molecule has 2 rings (SSSR count). The molecule has 116 valence electrons. The fourth-order valence-electron chi connectivity index (χ4n) is 2.12. The van der Waals surface area contributed by atoms with Gasteiger partial charge in [0.25, 0.3) is 0 Å². The number of halogens is 1. The first-order valence-electron chi connectivity index (χ1n) is 6.25. The molecule has 6 nitrogen and oxygen atoms in total. The molecule has 0 bridgehead atoms. The summed E-state index contributed by atoms with van der Waals surface area (Å²) in [4.78, 5) is 26.1. The lowest BCUT2D eigenvalue weighted by Crippen LogP contribution is -2.27. The lowest BCUT2D eigenvalue weighted by molar-refractivity contribution is -0.117. The molecule has 1 aromatic heterocycles. The molecule has 2 heterocycles. The molecule has 1 aliphatic rings. The van der Waals surface area contributed by atoms with Crippen LogP contribution in [0.5, 0.6) is 0 Å². The molecule has 0 saturated carbocycles. The number of anilines is 1. The molecule has 1 amide bonds. The molecular weight excluding hydrogens is 338 g/mol. The third-order valence-corrected chi connectivity index (χ3v) is 6.01. The molecule has 1 aromatic rings. The van der Waals surface area contributed by atoms with Gasteiger partial charge in [0.15, 0.2) is 0 Å². The third kappa shape index (κ3) is 3.38. The van der Waals surface area contributed by atoms with Gasteiger partial charge < -0.3 is 9.64 Å². The van der Waals surface area contributed by atoms with Crippen LogP contribution < -0.4 is 4.90 Å². The number of carbonyl (C=O) groups excluding carboxylic acids is 2. The molecule has 0 N–H and O–H groups in total. The Balaban J connectivity index is 2.35. The SMILES string of the molecule is CCOC(=O)c1cc(C)sc1N1CC(S(=O)(=O)Cl)CC1=O. The van der Waals surface area contributed by atoms with Crippen molar-refractivity contribution in [3.63, 3.8) is 0 Å². The Morgan fingerprint density at radius 1 is 1.57 bits per heavy atom. The Hall–Kier alpha value is -1.12. The van der Waals surface area contributed by atoms with E-state index >= 15 is 0 Å². The lowest BCUT2D eigenvalue weighted by atomic mass is 10.3. The van der Waals surface area contributed by atoms with Crippen LogP contribution in [0.15, 0.2) is 6.07 Å². The van der Waals surface area contributed by atoms with Crippen molar-refractivity contribution >= 4 is 47.9 Å². The quantitative estimate of drug-likeness (QED) is 0.611. The topological polar surface area (TPSA) is 80.8 Å². The number of esters is 1. The first-order chi connectivity index (χ1) is 9.74. The summed E-state index contributed by atoms with van der Waals surface area (Å²) in [5, 5.41) is -0.539. The van der Waals surface area contributed by atoms with Crippen molar-refractivity contribution < 1.29 is 22.7 Å². The number of hydrogen-bond acceptors (Lipinski definition) is 6. The molecule has 0 aromatic carbocycles. The highest BCUT2D eigenvalue weighted by atomic mass is 35.7. The zero-order valence-electron chi connectivity index (χ0n) is 11.5. The first-order valence-corrected chi connectivity index (χ1v) is 9.44. The Kier molecular flexibility index (Phi) is 4.60. The minimum absolute atomic E-state index is 0.0446. The summed E-state index contributed by atoms with van der Waals surface area (Å²) < 4.78 is 27.7. The first kappa shape index (κ1) is 16.3. The van der Waals surface area contributed by atoms with Crippen molar-refractivity contribution in [2.45, 2.75) is 25.5 Å². The normalized spacial score (nSPS) is 19.1. The zero-order valence-corrected chi connectivity index (χ0v) is 13.8. The van der Waals surface area contributed by atoms with E-state index in [4.69, 9.17) is 15.4 Å². The van der Waals surface area contributed by atoms with Crippen molar-refractivity contribution in [3.8, 4) is 0 Å². The maximum Gasteiger partial charge on any atom is 0.341 e. The maximum absolute atomic E-state index is 12.0. The van der Waals surface area contributed by atoms with Crippen LogP contribution in [0.25, 0.3) is 0 Å². The number of rotatable bonds is 4. The predicted octanol–water partition coefficient (Wildman–Crippen LogP) is 1.91. The number of thiophene rings is 1. The van der Waals surface area contributed by atoms with Crippen LogP contribution in [0, 0.1) is 6.92 Å². The van der Waals surface area contributed by atoms with E-state index in [1.807, 2.05) is 0 Å². The number of ether oxygens (including phenoxy) is 1. The van der Waals surface area contributed by atoms with Crippen molar-refractivity contribution in [3.05, 3.63) is 16.5 Å². The van der Waals surface area contributed by atoms with Gasteiger partial charge in [-0.3, -0.25) is 4.79 Å². The van der Waals surface area contributed by atoms with Crippen molar-refractivity contribution in [1.82, 2.24) is 0 Å². The summed E-state index contributed by atoms with van der Waals surface area (Å²) in [7, 11) is 1.51. The van der Waals surface area contributed by atoms with E-state index in [0.29, 0.717) is 5.00 Å². The van der Waals surface area contributed by atoms with Gasteiger partial charge in [0, 0.05) is 28.5 Å². The van der Waals surface area contributed by atoms with Crippen LogP contribution >= 0.6 is 22.0 Å². The molecule has 1 aliphatic heterocycles. The van der Waals surface area contributed by atoms with Gasteiger partial charge in [0.1, 0.15) is 10.3 Å². The summed E-state index contributed by atoms with van der Waals surface area (Å²) in [6.45, 7) is 3.66. The van der Waals surface area contributed by atoms with Crippen molar-refractivity contribution in [2.75, 3.05) is 18.1 Å². The Bertz CT molecular complexity index is 682. The van der Waals surface area contributed by atoms with E-state index in [2.05, 4.69) is 0 Å². The molecule has 1 saturated heterocycles. The summed E-state index contributed by atoms with van der Waals surface area (Å²) >= 11 is 1.25. The average molecular weight is 352 g/mol. The van der Waals surface area contributed by atoms with E-state index < -0.39 is 20.3 Å². The zero-order chi connectivity index (χ0) is 15.8. The molecule has 0 spiro atoms. The van der Waals surface area contributed by atoms with E-state index in [1.54, 1.807) is 19.9 Å². The molecule has 21 heavy (non-hydrogen) atoms. The van der Waals surface area contributed by atoms with Gasteiger partial charge in [0.2, 0.25) is 15.0 Å². The van der Waals surface area contributed by atoms with Gasteiger partial charge in [-0.15, -0.1) is 11.3 Å². The van der Waals surface area contributed by atoms with Gasteiger partial charge in [0.05, 0.1) is 12.2 Å². The molecule has 1 atom stereocenters. The molecule has 1 unspecified atom stereocenters. The smallest absolute Gasteiger partial charge is 0.341 e. The van der Waals surface area contributed by atoms with Gasteiger partial charge in [-0.1, -0.05) is 0 Å². The number of nitrogens with zero attached hydrogens (tertiary/aromatic N) is 1. The van der Waals surface area contributed by atoms with Crippen LogP contribution in [-0.2, 0) is 18.6 Å². The van der Waals surface area contributed by atoms with Crippen LogP contribution in [0.4, 0.5) is 5.00 Å². The number of carbonyl (C=O) groups is 2. The summed E-state index contributed by atoms with van der Waals surface area (Å²) in [5.74, 6) is -0.890. The third-order valence-electron chi connectivity index (χ3n) is 3.06. The molecular formula is C12H14ClNO5S2. The van der Waals surface area contributed by atoms with Crippen LogP contribution in [-0.4, -0.2) is 38.7 Å². The monoisotopic (exact) mass is 351 g/mol. The van der Waals surface area contributed by atoms with E-state index in [1.165, 1.54) is 16.2 Å². The number of hydrogen-bond donors (Lipinski definition) is 0. The minimum atomic E-state index is -3.81. The Morgan fingerprint density at radius 2 is 2.24 bits per heavy atom. The second kappa shape index (κ2) is 5.94. The van der Waals surface area contributed by atoms with Gasteiger partial charge >= 0.3 is 5.97 Å². The van der Waals surface area contributed by atoms with E-state index in [0.717, 1.165) is 4.88 Å². The molecule has 9 heteroatoms. The highest BCUT2D eigenvalue weighted by Gasteiger charge is 2.40. The predicted molar refractivity (Wildman–Crippen MR) is 80.5 cm³/mol. The van der Waals surface area contributed by atoms with Crippen LogP contribution in [0.1, 0.15) is 28.6 Å². The summed E-state index contributed by atoms with van der Waals surface area (Å²) in [6, 6.07) is 1.63. The standard InChI is InChI=1S/C12H14ClNO5S2/c1-3-19-12(16)9-4-7(2)20-11(9)14-6-8(5-10(14)15)21(13,17)18/h4,8H,3,5-6H2,1-2H3. The largest absolute Gasteiger partial charge is 0.462 e. The second-order valence-electron chi connectivity index (χ2n) is 4.60. The van der Waals surface area contributed by atoms with Crippen molar-refractivity contribution in [2.24, 2.45) is 0 Å². The lowest BCUT2D eigenvalue weighted by Gasteiger charge is -2.15. The van der Waals surface area contributed by atoms with Gasteiger partial charge in [-0.05, 0) is 19.9 Å². The van der Waals surface area contributed by atoms with Crippen LogP contribution in [0.2, 0.25) is 0 Å². The minimum Gasteiger partial charge on any atom is -0.462 e. The fraction of sp³-hybridized carbons (Fsp3) is 0.500. The second-order valence-corrected chi connectivity index (χ2v) is 8.75. The Morgan fingerprint density at radius 3 is 2.76 bits per heavy atom. The molecule has 0 aliphatic carbocycles. The summed E-state index contributed by atoms with van der Waals surface area (Å²) in [5.41, 5.74) is 0.278. The summed E-state index contributed by atoms with van der Waals surface area (Å²) in [6.07, 6.45) is -0.176. The van der Waals surface area contributed by atoms with Crippen molar-refractivity contribution in [1.29, 1.82) is 0 Å². The number of amides is 1.